The quantitative estimate of drug-likeness (QED) is 0.0221. The number of carbonyl (C=O) groups excluding carboxylic acids is 7. The number of ether oxygens (including phenoxy) is 5. The Morgan fingerprint density at radius 1 is 0.426 bits per heavy atom. The van der Waals surface area contributed by atoms with Gasteiger partial charge in [0, 0.05) is 97.7 Å². The van der Waals surface area contributed by atoms with Gasteiger partial charge in [0.25, 0.3) is 0 Å². The summed E-state index contributed by atoms with van der Waals surface area (Å²) >= 11 is 0. The summed E-state index contributed by atoms with van der Waals surface area (Å²) in [7, 11) is 1.94. The first-order chi connectivity index (χ1) is 56.5. The summed E-state index contributed by atoms with van der Waals surface area (Å²) < 4.78 is 32.1. The Morgan fingerprint density at radius 2 is 0.861 bits per heavy atom. The predicted molar refractivity (Wildman–Crippen MR) is 512 cm³/mol. The third-order valence-corrected chi connectivity index (χ3v) is 25.7. The molecule has 2 amide bonds. The molecule has 122 heavy (non-hydrogen) atoms. The standard InChI is InChI=1S/C34H62O4.C31H55N3O5.C14H30N2O.C12H26N2O.C12H26O/c1-20(2)35-19-24(9)27-12-13-28-32-29(18-31(34(27,28)11)38-23(7)8)33(10)15-14-26(36-21(3)4)16-25(33)17-30(32)37-22(5)6;1-18(2)23(11)24(32-22(9)10)13-16-28(36)34-26(31(39)21(7)8)14-17-29(37)33-25(30(38)20(5)6)12-15-27(35)19(3)4;1-10(2)14(17)13(16-12(5)6)8-7-9-15-11(3)4;1-9(2)12(15)11(14-10(3)4)7-6-8-13-5;1-9(2)7-12(10(3)4)8-13-11(5)6/h20-32H,12-19H2,1-11H3;18-22,24-26,32H,11-17H2,1-10H3,(H,33,37)(H,34,36);10-13,15-16H,7-9H2,1-6H3;9-11,13-14H,6-8H2,1-5H3;9-12H,7-8H2,1-6H3/t24-,25?,26?,27?,28?,29?,30?,31?,32?,33?,34?;;;11-;/m1..0./s1. The van der Waals surface area contributed by atoms with Crippen LogP contribution in [-0.2, 0) is 57.2 Å². The minimum atomic E-state index is -0.796. The number of nitrogens with one attached hydrogen (secondary N) is 7. The number of hydrogen-bond donors (Lipinski definition) is 7. The van der Waals surface area contributed by atoms with Gasteiger partial charge in [0.15, 0.2) is 23.1 Å². The van der Waals surface area contributed by atoms with Gasteiger partial charge in [-0.05, 0) is 250 Å². The molecule has 0 heterocycles. The number of fused-ring (bicyclic) bond motifs is 5. The van der Waals surface area contributed by atoms with Crippen LogP contribution in [0, 0.1) is 99.6 Å². The molecule has 0 aromatic carbocycles. The summed E-state index contributed by atoms with van der Waals surface area (Å²) in [6.45, 7) is 86.1. The first-order valence-corrected chi connectivity index (χ1v) is 49.3. The highest BCUT2D eigenvalue weighted by molar-refractivity contribution is 5.93. The highest BCUT2D eigenvalue weighted by Crippen LogP contribution is 2.69. The summed E-state index contributed by atoms with van der Waals surface area (Å²) in [5, 5.41) is 22.3. The third-order valence-electron chi connectivity index (χ3n) is 25.7. The minimum Gasteiger partial charge on any atom is -0.379 e. The van der Waals surface area contributed by atoms with Gasteiger partial charge in [0.1, 0.15) is 5.78 Å². The fourth-order valence-electron chi connectivity index (χ4n) is 19.1. The molecule has 0 radical (unpaired) electrons. The highest BCUT2D eigenvalue weighted by Gasteiger charge is 2.67. The zero-order valence-electron chi connectivity index (χ0n) is 86.1. The third kappa shape index (κ3) is 44.8. The van der Waals surface area contributed by atoms with E-state index >= 15 is 0 Å². The summed E-state index contributed by atoms with van der Waals surface area (Å²) in [6.07, 6.45) is 17.8. The van der Waals surface area contributed by atoms with E-state index in [1.807, 2.05) is 62.4 Å². The van der Waals surface area contributed by atoms with Crippen LogP contribution in [-0.4, -0.2) is 177 Å². The molecule has 17 atom stereocenters. The lowest BCUT2D eigenvalue weighted by Crippen LogP contribution is -2.63. The predicted octanol–water partition coefficient (Wildman–Crippen LogP) is 20.5. The Morgan fingerprint density at radius 3 is 1.26 bits per heavy atom. The SMILES string of the molecule is C=C(C(C)C)C(CCC(=O)NC(CCC(=O)NC(CCC(=O)C(C)C)C(=O)C(C)C)C(=O)C(C)C)NC(C)C.CC(C)CC(COC(C)C)C(C)C.CC(C)NCCCC(NC(C)C)C(=O)C(C)C.CC(C)OC[C@@H](C)C1CCC2C3C(OC(C)C)CC4CC(OC(C)C)CCC4(C)C3CC(OC(C)C)C21C.CNCCC[C@H](NC(C)C)C(=O)C(C)C. The molecule has 0 aromatic rings. The summed E-state index contributed by atoms with van der Waals surface area (Å²) in [6, 6.07) is -0.0398. The van der Waals surface area contributed by atoms with Crippen molar-refractivity contribution in [3.63, 3.8) is 0 Å². The van der Waals surface area contributed by atoms with Crippen LogP contribution >= 0.6 is 0 Å². The molecule has 7 N–H and O–H groups in total. The lowest BCUT2D eigenvalue weighted by Gasteiger charge is -2.65. The second kappa shape index (κ2) is 60.5. The first kappa shape index (κ1) is 119. The van der Waals surface area contributed by atoms with Crippen molar-refractivity contribution in [1.82, 2.24) is 37.2 Å². The van der Waals surface area contributed by atoms with E-state index in [9.17, 15) is 33.6 Å². The van der Waals surface area contributed by atoms with Gasteiger partial charge < -0.3 is 60.9 Å². The Balaban J connectivity index is 0.00000162. The van der Waals surface area contributed by atoms with E-state index in [-0.39, 0.29) is 145 Å². The molecule has 0 aliphatic heterocycles. The Bertz CT molecular complexity index is 2900. The van der Waals surface area contributed by atoms with Crippen molar-refractivity contribution in [2.75, 3.05) is 33.4 Å². The van der Waals surface area contributed by atoms with Crippen molar-refractivity contribution < 1.29 is 57.2 Å². The van der Waals surface area contributed by atoms with Gasteiger partial charge in [-0.15, -0.1) is 0 Å². The Hall–Kier alpha value is -3.37. The van der Waals surface area contributed by atoms with E-state index in [4.69, 9.17) is 23.7 Å². The first-order valence-electron chi connectivity index (χ1n) is 49.3. The number of ketones is 5. The molecule has 0 saturated heterocycles. The average molecular weight is 1730 g/mol. The molecule has 0 bridgehead atoms. The van der Waals surface area contributed by atoms with Gasteiger partial charge in [-0.25, -0.2) is 0 Å². The van der Waals surface area contributed by atoms with Crippen LogP contribution < -0.4 is 37.2 Å². The van der Waals surface area contributed by atoms with Crippen molar-refractivity contribution >= 4 is 40.7 Å². The minimum absolute atomic E-state index is 0.0150. The van der Waals surface area contributed by atoms with E-state index in [2.05, 4.69) is 217 Å². The van der Waals surface area contributed by atoms with Crippen LogP contribution in [0.2, 0.25) is 0 Å². The van der Waals surface area contributed by atoms with E-state index in [1.165, 1.54) is 51.4 Å². The molecule has 4 fully saturated rings. The Kier molecular flexibility index (Phi) is 58.8. The van der Waals surface area contributed by atoms with Crippen LogP contribution in [0.4, 0.5) is 0 Å². The summed E-state index contributed by atoms with van der Waals surface area (Å²) in [5.74, 6) is 5.61. The summed E-state index contributed by atoms with van der Waals surface area (Å²) in [5.41, 5.74) is 1.55. The Labute approximate surface area is 751 Å². The van der Waals surface area contributed by atoms with Gasteiger partial charge in [-0.3, -0.25) is 33.6 Å². The van der Waals surface area contributed by atoms with E-state index in [0.717, 1.165) is 75.3 Å². The van der Waals surface area contributed by atoms with Crippen molar-refractivity contribution in [2.45, 2.75) is 475 Å². The molecule has 4 rings (SSSR count). The molecular formula is C103H199N7O12. The van der Waals surface area contributed by atoms with Gasteiger partial charge >= 0.3 is 0 Å². The highest BCUT2D eigenvalue weighted by atomic mass is 16.5. The molecule has 4 aliphatic carbocycles. The number of carbonyl (C=O) groups is 7. The van der Waals surface area contributed by atoms with Gasteiger partial charge in [0.2, 0.25) is 11.8 Å². The monoisotopic (exact) mass is 1730 g/mol. The summed E-state index contributed by atoms with van der Waals surface area (Å²) in [4.78, 5) is 87.2. The second-order valence-electron chi connectivity index (χ2n) is 42.9. The zero-order chi connectivity index (χ0) is 94.1. The molecular weight excluding hydrogens is 1530 g/mol. The van der Waals surface area contributed by atoms with Crippen LogP contribution in [0.1, 0.15) is 372 Å². The molecule has 19 nitrogen and oxygen atoms in total. The molecule has 15 unspecified atom stereocenters. The zero-order valence-corrected chi connectivity index (χ0v) is 86.1. The van der Waals surface area contributed by atoms with Crippen molar-refractivity contribution in [3.8, 4) is 0 Å². The van der Waals surface area contributed by atoms with Gasteiger partial charge in [-0.2, -0.15) is 0 Å². The van der Waals surface area contributed by atoms with Crippen LogP contribution in [0.5, 0.6) is 0 Å². The number of amides is 2. The number of hydrogen-bond acceptors (Lipinski definition) is 17. The van der Waals surface area contributed by atoms with Crippen LogP contribution in [0.15, 0.2) is 12.2 Å². The van der Waals surface area contributed by atoms with E-state index in [0.29, 0.717) is 108 Å². The lowest BCUT2D eigenvalue weighted by atomic mass is 9.43. The maximum atomic E-state index is 12.9. The van der Waals surface area contributed by atoms with Crippen molar-refractivity contribution in [3.05, 3.63) is 12.2 Å². The fourth-order valence-corrected chi connectivity index (χ4v) is 19.1. The van der Waals surface area contributed by atoms with Gasteiger partial charge in [-0.1, -0.05) is 199 Å². The molecule has 19 heteroatoms. The molecule has 0 aromatic heterocycles. The fraction of sp³-hybridized carbons (Fsp3) is 0.913. The molecule has 4 aliphatic rings. The average Bonchev–Trinajstić information content (AvgIpc) is 1.40. The van der Waals surface area contributed by atoms with E-state index < -0.39 is 12.1 Å². The van der Waals surface area contributed by atoms with E-state index in [1.54, 1.807) is 27.7 Å². The smallest absolute Gasteiger partial charge is 0.220 e. The van der Waals surface area contributed by atoms with Crippen LogP contribution in [0.25, 0.3) is 0 Å². The molecule has 0 spiro atoms. The molecule has 4 saturated carbocycles. The van der Waals surface area contributed by atoms with Crippen molar-refractivity contribution in [1.29, 1.82) is 0 Å². The maximum absolute atomic E-state index is 12.9. The largest absolute Gasteiger partial charge is 0.379 e. The normalized spacial score (nSPS) is 23.3. The topological polar surface area (TPSA) is 250 Å². The number of rotatable bonds is 53. The van der Waals surface area contributed by atoms with Crippen molar-refractivity contribution in [2.24, 2.45) is 99.6 Å². The maximum Gasteiger partial charge on any atom is 0.220 e. The van der Waals surface area contributed by atoms with Crippen LogP contribution in [0.3, 0.4) is 0 Å². The second-order valence-corrected chi connectivity index (χ2v) is 42.9. The number of Topliss-reactive ketones (excluding diaryl/α,β-unsaturated/α-hetero) is 5. The lowest BCUT2D eigenvalue weighted by molar-refractivity contribution is -0.238. The molecule has 718 valence electrons. The van der Waals surface area contributed by atoms with Gasteiger partial charge in [0.05, 0.1) is 73.0 Å².